The van der Waals surface area contributed by atoms with E-state index in [2.05, 4.69) is 31.4 Å². The zero-order valence-electron chi connectivity index (χ0n) is 13.6. The molecule has 3 N–H and O–H groups in total. The van der Waals surface area contributed by atoms with Gasteiger partial charge in [0, 0.05) is 26.1 Å². The molecule has 0 aliphatic carbocycles. The van der Waals surface area contributed by atoms with Gasteiger partial charge < -0.3 is 15.7 Å². The average Bonchev–Trinajstić information content (AvgIpc) is 2.41. The van der Waals surface area contributed by atoms with Crippen LogP contribution in [0.15, 0.2) is 0 Å². The van der Waals surface area contributed by atoms with Crippen LogP contribution in [0, 0.1) is 5.92 Å². The lowest BCUT2D eigenvalue weighted by Crippen LogP contribution is -2.35. The predicted molar refractivity (Wildman–Crippen MR) is 84.7 cm³/mol. The number of aliphatic hydroxyl groups excluding tert-OH is 1. The Morgan fingerprint density at radius 2 is 1.85 bits per heavy atom. The number of amides is 1. The molecule has 0 saturated carbocycles. The van der Waals surface area contributed by atoms with Crippen LogP contribution in [0.1, 0.15) is 65.7 Å². The first-order chi connectivity index (χ1) is 9.56. The van der Waals surface area contributed by atoms with Crippen molar-refractivity contribution in [2.45, 2.75) is 71.8 Å². The van der Waals surface area contributed by atoms with E-state index in [0.29, 0.717) is 25.4 Å². The fourth-order valence-corrected chi connectivity index (χ4v) is 1.98. The molecule has 0 bridgehead atoms. The van der Waals surface area contributed by atoms with Crippen molar-refractivity contribution in [2.24, 2.45) is 5.92 Å². The number of hydrogen-bond acceptors (Lipinski definition) is 3. The highest BCUT2D eigenvalue weighted by atomic mass is 16.3. The lowest BCUT2D eigenvalue weighted by Gasteiger charge is -2.12. The molecule has 0 saturated heterocycles. The Kier molecular flexibility index (Phi) is 13.0. The maximum Gasteiger partial charge on any atom is 0.220 e. The third-order valence-corrected chi connectivity index (χ3v) is 3.34. The first-order valence-corrected chi connectivity index (χ1v) is 8.21. The molecule has 0 aromatic carbocycles. The number of carbonyl (C=O) groups excluding carboxylic acids is 1. The number of nitrogens with one attached hydrogen (secondary N) is 2. The van der Waals surface area contributed by atoms with Gasteiger partial charge in [-0.2, -0.15) is 0 Å². The Labute approximate surface area is 124 Å². The van der Waals surface area contributed by atoms with Crippen molar-refractivity contribution in [1.82, 2.24) is 10.6 Å². The van der Waals surface area contributed by atoms with E-state index in [4.69, 9.17) is 0 Å². The first-order valence-electron chi connectivity index (χ1n) is 8.21. The Morgan fingerprint density at radius 1 is 1.10 bits per heavy atom. The fraction of sp³-hybridized carbons (Fsp3) is 0.938. The molecule has 4 nitrogen and oxygen atoms in total. The Morgan fingerprint density at radius 3 is 2.50 bits per heavy atom. The van der Waals surface area contributed by atoms with E-state index < -0.39 is 0 Å². The van der Waals surface area contributed by atoms with Crippen LogP contribution in [0.25, 0.3) is 0 Å². The van der Waals surface area contributed by atoms with Gasteiger partial charge in [0.05, 0.1) is 6.10 Å². The van der Waals surface area contributed by atoms with E-state index in [0.717, 1.165) is 25.8 Å². The standard InChI is InChI=1S/C16H34N2O2/c1-4-5-6-7-8-15(19)13-17-11-12-18-16(20)10-9-14(2)3/h14-15,17,19H,4-13H2,1-3H3,(H,18,20). The molecule has 20 heavy (non-hydrogen) atoms. The van der Waals surface area contributed by atoms with Gasteiger partial charge in [-0.1, -0.05) is 46.5 Å². The van der Waals surface area contributed by atoms with E-state index >= 15 is 0 Å². The maximum absolute atomic E-state index is 11.5. The molecule has 1 amide bonds. The summed E-state index contributed by atoms with van der Waals surface area (Å²) in [5.41, 5.74) is 0. The monoisotopic (exact) mass is 286 g/mol. The van der Waals surface area contributed by atoms with Crippen LogP contribution in [0.5, 0.6) is 0 Å². The van der Waals surface area contributed by atoms with Gasteiger partial charge in [-0.15, -0.1) is 0 Å². The summed E-state index contributed by atoms with van der Waals surface area (Å²) in [5, 5.41) is 15.8. The van der Waals surface area contributed by atoms with Crippen molar-refractivity contribution in [2.75, 3.05) is 19.6 Å². The molecular formula is C16H34N2O2. The normalized spacial score (nSPS) is 12.7. The van der Waals surface area contributed by atoms with E-state index in [1.807, 2.05) is 0 Å². The van der Waals surface area contributed by atoms with Crippen molar-refractivity contribution in [3.05, 3.63) is 0 Å². The number of aliphatic hydroxyl groups is 1. The van der Waals surface area contributed by atoms with E-state index in [-0.39, 0.29) is 12.0 Å². The van der Waals surface area contributed by atoms with Gasteiger partial charge in [-0.05, 0) is 18.8 Å². The Hall–Kier alpha value is -0.610. The van der Waals surface area contributed by atoms with Crippen molar-refractivity contribution < 1.29 is 9.90 Å². The molecule has 120 valence electrons. The van der Waals surface area contributed by atoms with Gasteiger partial charge in [-0.3, -0.25) is 4.79 Å². The zero-order valence-corrected chi connectivity index (χ0v) is 13.6. The maximum atomic E-state index is 11.5. The highest BCUT2D eigenvalue weighted by Gasteiger charge is 2.04. The molecule has 0 heterocycles. The molecule has 0 spiro atoms. The smallest absolute Gasteiger partial charge is 0.220 e. The SMILES string of the molecule is CCCCCCC(O)CNCCNC(=O)CCC(C)C. The van der Waals surface area contributed by atoms with E-state index in [9.17, 15) is 9.90 Å². The van der Waals surface area contributed by atoms with Gasteiger partial charge in [-0.25, -0.2) is 0 Å². The van der Waals surface area contributed by atoms with Gasteiger partial charge in [0.15, 0.2) is 0 Å². The van der Waals surface area contributed by atoms with Crippen LogP contribution in [0.3, 0.4) is 0 Å². The molecular weight excluding hydrogens is 252 g/mol. The fourth-order valence-electron chi connectivity index (χ4n) is 1.98. The molecule has 0 aliphatic rings. The highest BCUT2D eigenvalue weighted by molar-refractivity contribution is 5.75. The third-order valence-electron chi connectivity index (χ3n) is 3.34. The van der Waals surface area contributed by atoms with Crippen LogP contribution in [0.2, 0.25) is 0 Å². The molecule has 1 atom stereocenters. The Bertz CT molecular complexity index is 233. The summed E-state index contributed by atoms with van der Waals surface area (Å²) in [6.45, 7) is 8.41. The first kappa shape index (κ1) is 19.4. The summed E-state index contributed by atoms with van der Waals surface area (Å²) in [7, 11) is 0. The zero-order chi connectivity index (χ0) is 15.2. The number of hydrogen-bond donors (Lipinski definition) is 3. The van der Waals surface area contributed by atoms with Crippen LogP contribution in [-0.4, -0.2) is 36.8 Å². The van der Waals surface area contributed by atoms with Crippen molar-refractivity contribution in [3.8, 4) is 0 Å². The summed E-state index contributed by atoms with van der Waals surface area (Å²) in [5.74, 6) is 0.697. The summed E-state index contributed by atoms with van der Waals surface area (Å²) < 4.78 is 0. The average molecular weight is 286 g/mol. The van der Waals surface area contributed by atoms with E-state index in [1.54, 1.807) is 0 Å². The van der Waals surface area contributed by atoms with Gasteiger partial charge in [0.25, 0.3) is 0 Å². The molecule has 0 aromatic rings. The second-order valence-electron chi connectivity index (χ2n) is 5.99. The van der Waals surface area contributed by atoms with Crippen molar-refractivity contribution in [1.29, 1.82) is 0 Å². The van der Waals surface area contributed by atoms with Crippen molar-refractivity contribution in [3.63, 3.8) is 0 Å². The van der Waals surface area contributed by atoms with Crippen LogP contribution >= 0.6 is 0 Å². The quantitative estimate of drug-likeness (QED) is 0.456. The Balaban J connectivity index is 3.32. The van der Waals surface area contributed by atoms with Crippen LogP contribution < -0.4 is 10.6 Å². The molecule has 0 aliphatic heterocycles. The molecule has 0 rings (SSSR count). The largest absolute Gasteiger partial charge is 0.392 e. The molecule has 4 heteroatoms. The van der Waals surface area contributed by atoms with Gasteiger partial charge >= 0.3 is 0 Å². The summed E-state index contributed by atoms with van der Waals surface area (Å²) in [6.07, 6.45) is 6.94. The highest BCUT2D eigenvalue weighted by Crippen LogP contribution is 2.05. The summed E-state index contributed by atoms with van der Waals surface area (Å²) in [6, 6.07) is 0. The number of unbranched alkanes of at least 4 members (excludes halogenated alkanes) is 3. The third kappa shape index (κ3) is 13.8. The molecule has 1 unspecified atom stereocenters. The minimum absolute atomic E-state index is 0.126. The van der Waals surface area contributed by atoms with Gasteiger partial charge in [0.2, 0.25) is 5.91 Å². The second-order valence-corrected chi connectivity index (χ2v) is 5.99. The summed E-state index contributed by atoms with van der Waals surface area (Å²) >= 11 is 0. The summed E-state index contributed by atoms with van der Waals surface area (Å²) in [4.78, 5) is 11.5. The number of carbonyl (C=O) groups is 1. The second kappa shape index (κ2) is 13.4. The van der Waals surface area contributed by atoms with Crippen molar-refractivity contribution >= 4 is 5.91 Å². The predicted octanol–water partition coefficient (Wildman–Crippen LogP) is 2.46. The topological polar surface area (TPSA) is 61.4 Å². The molecule has 0 radical (unpaired) electrons. The lowest BCUT2D eigenvalue weighted by atomic mass is 10.1. The number of rotatable bonds is 13. The van der Waals surface area contributed by atoms with Gasteiger partial charge in [0.1, 0.15) is 0 Å². The van der Waals surface area contributed by atoms with Crippen LogP contribution in [0.4, 0.5) is 0 Å². The molecule has 0 fully saturated rings. The lowest BCUT2D eigenvalue weighted by molar-refractivity contribution is -0.121. The molecule has 0 aromatic heterocycles. The van der Waals surface area contributed by atoms with E-state index in [1.165, 1.54) is 19.3 Å². The minimum Gasteiger partial charge on any atom is -0.392 e. The van der Waals surface area contributed by atoms with Crippen LogP contribution in [-0.2, 0) is 4.79 Å². The minimum atomic E-state index is -0.261.